The third-order valence-corrected chi connectivity index (χ3v) is 3.89. The van der Waals surface area contributed by atoms with E-state index in [9.17, 15) is 0 Å². The molecular weight excluding hydrogens is 331 g/mol. The summed E-state index contributed by atoms with van der Waals surface area (Å²) in [5.74, 6) is 0.651. The maximum absolute atomic E-state index is 6.23. The number of hydrogen-bond acceptors (Lipinski definition) is 3. The number of anilines is 1. The lowest BCUT2D eigenvalue weighted by Crippen LogP contribution is -2.10. The first-order valence-corrected chi connectivity index (χ1v) is 7.39. The molecule has 3 rings (SSSR count). The molecule has 0 aliphatic rings. The summed E-state index contributed by atoms with van der Waals surface area (Å²) in [4.78, 5) is 4.31. The van der Waals surface area contributed by atoms with Crippen LogP contribution in [0, 0.1) is 0 Å². The second-order valence-corrected chi connectivity index (χ2v) is 5.84. The van der Waals surface area contributed by atoms with Gasteiger partial charge in [0.1, 0.15) is 10.7 Å². The van der Waals surface area contributed by atoms with Gasteiger partial charge in [0.2, 0.25) is 0 Å². The first-order chi connectivity index (χ1) is 10.0. The highest BCUT2D eigenvalue weighted by atomic mass is 35.5. The van der Waals surface area contributed by atoms with Crippen molar-refractivity contribution in [3.05, 3.63) is 57.4 Å². The molecule has 2 heterocycles. The van der Waals surface area contributed by atoms with E-state index in [2.05, 4.69) is 15.4 Å². The van der Waals surface area contributed by atoms with E-state index < -0.39 is 0 Å². The monoisotopic (exact) mass is 340 g/mol. The second-order valence-electron chi connectivity index (χ2n) is 4.61. The lowest BCUT2D eigenvalue weighted by atomic mass is 10.1. The zero-order valence-corrected chi connectivity index (χ0v) is 13.3. The van der Waals surface area contributed by atoms with Crippen molar-refractivity contribution in [1.82, 2.24) is 14.6 Å². The normalized spacial score (nSPS) is 12.6. The van der Waals surface area contributed by atoms with Gasteiger partial charge >= 0.3 is 0 Å². The van der Waals surface area contributed by atoms with E-state index in [1.807, 2.05) is 19.1 Å². The van der Waals surface area contributed by atoms with Gasteiger partial charge in [0.15, 0.2) is 5.82 Å². The minimum atomic E-state index is -0.0561. The molecule has 0 radical (unpaired) electrons. The molecule has 0 spiro atoms. The Kier molecular flexibility index (Phi) is 3.93. The summed E-state index contributed by atoms with van der Waals surface area (Å²) in [5, 5.41) is 9.04. The zero-order chi connectivity index (χ0) is 15.0. The predicted molar refractivity (Wildman–Crippen MR) is 86.5 cm³/mol. The van der Waals surface area contributed by atoms with E-state index in [1.165, 1.54) is 0 Å². The topological polar surface area (TPSA) is 42.2 Å². The number of benzene rings is 1. The van der Waals surface area contributed by atoms with Crippen LogP contribution in [0.3, 0.4) is 0 Å². The highest BCUT2D eigenvalue weighted by molar-refractivity contribution is 6.35. The van der Waals surface area contributed by atoms with Crippen LogP contribution < -0.4 is 5.32 Å². The summed E-state index contributed by atoms with van der Waals surface area (Å²) < 4.78 is 1.67. The number of fused-ring (bicyclic) bond motifs is 1. The minimum absolute atomic E-state index is 0.0561. The number of nitrogens with one attached hydrogen (secondary N) is 1. The number of nitrogens with zero attached hydrogens (tertiary/aromatic N) is 3. The Hall–Kier alpha value is -1.49. The van der Waals surface area contributed by atoms with Gasteiger partial charge in [-0.3, -0.25) is 0 Å². The summed E-state index contributed by atoms with van der Waals surface area (Å²) in [6.45, 7) is 1.99. The van der Waals surface area contributed by atoms with Crippen LogP contribution in [0.2, 0.25) is 15.2 Å². The molecule has 0 amide bonds. The lowest BCUT2D eigenvalue weighted by Gasteiger charge is -2.17. The van der Waals surface area contributed by atoms with Crippen LogP contribution in [0.5, 0.6) is 0 Å². The van der Waals surface area contributed by atoms with Gasteiger partial charge in [-0.15, -0.1) is 0 Å². The van der Waals surface area contributed by atoms with Crippen molar-refractivity contribution in [1.29, 1.82) is 0 Å². The fourth-order valence-electron chi connectivity index (χ4n) is 2.14. The Bertz CT molecular complexity index is 800. The van der Waals surface area contributed by atoms with Crippen LogP contribution in [0.15, 0.2) is 36.7 Å². The highest BCUT2D eigenvalue weighted by Crippen LogP contribution is 2.29. The number of rotatable bonds is 3. The second kappa shape index (κ2) is 5.72. The van der Waals surface area contributed by atoms with Gasteiger partial charge < -0.3 is 5.32 Å². The van der Waals surface area contributed by atoms with Crippen molar-refractivity contribution < 1.29 is 0 Å². The van der Waals surface area contributed by atoms with Crippen molar-refractivity contribution in [2.75, 3.05) is 5.32 Å². The predicted octanol–water partition coefficient (Wildman–Crippen LogP) is 4.86. The molecule has 1 aromatic carbocycles. The molecule has 0 fully saturated rings. The SMILES string of the molecule is C[C@@H](Nc1nc(Cl)cn2nccc12)c1ccc(Cl)cc1Cl. The van der Waals surface area contributed by atoms with Crippen molar-refractivity contribution in [3.63, 3.8) is 0 Å². The van der Waals surface area contributed by atoms with Crippen molar-refractivity contribution >= 4 is 46.1 Å². The maximum Gasteiger partial charge on any atom is 0.154 e. The Balaban J connectivity index is 1.96. The zero-order valence-electron chi connectivity index (χ0n) is 11.0. The van der Waals surface area contributed by atoms with E-state index in [4.69, 9.17) is 34.8 Å². The summed E-state index contributed by atoms with van der Waals surface area (Å²) in [5.41, 5.74) is 1.77. The molecule has 0 bridgehead atoms. The fraction of sp³-hybridized carbons (Fsp3) is 0.143. The summed E-state index contributed by atoms with van der Waals surface area (Å²) >= 11 is 18.2. The molecule has 108 valence electrons. The summed E-state index contributed by atoms with van der Waals surface area (Å²) in [6, 6.07) is 7.22. The number of halogens is 3. The molecule has 4 nitrogen and oxygen atoms in total. The molecule has 2 aromatic heterocycles. The van der Waals surface area contributed by atoms with E-state index in [-0.39, 0.29) is 6.04 Å². The van der Waals surface area contributed by atoms with Crippen LogP contribution in [0.25, 0.3) is 5.52 Å². The van der Waals surface area contributed by atoms with Gasteiger partial charge in [0.05, 0.1) is 18.4 Å². The van der Waals surface area contributed by atoms with E-state index >= 15 is 0 Å². The standard InChI is InChI=1S/C14H11Cl3N4/c1-8(10-3-2-9(15)6-11(10)16)19-14-12-4-5-18-21(12)7-13(17)20-14/h2-8H,1H3,(H,19,20)/t8-/m1/s1. The molecule has 0 saturated heterocycles. The molecule has 21 heavy (non-hydrogen) atoms. The average Bonchev–Trinajstić information content (AvgIpc) is 2.86. The van der Waals surface area contributed by atoms with Crippen molar-refractivity contribution in [2.45, 2.75) is 13.0 Å². The molecule has 1 N–H and O–H groups in total. The van der Waals surface area contributed by atoms with Gasteiger partial charge in [0, 0.05) is 10.0 Å². The smallest absolute Gasteiger partial charge is 0.154 e. The molecule has 0 unspecified atom stereocenters. The van der Waals surface area contributed by atoms with Gasteiger partial charge in [-0.05, 0) is 30.7 Å². The van der Waals surface area contributed by atoms with Crippen molar-refractivity contribution in [3.8, 4) is 0 Å². The summed E-state index contributed by atoms with van der Waals surface area (Å²) in [6.07, 6.45) is 3.35. The van der Waals surface area contributed by atoms with Crippen LogP contribution in [0.1, 0.15) is 18.5 Å². The van der Waals surface area contributed by atoms with E-state index in [1.54, 1.807) is 29.0 Å². The fourth-order valence-corrected chi connectivity index (χ4v) is 2.89. The molecule has 3 aromatic rings. The van der Waals surface area contributed by atoms with Crippen LogP contribution >= 0.6 is 34.8 Å². The van der Waals surface area contributed by atoms with E-state index in [0.717, 1.165) is 11.1 Å². The Labute approximate surface area is 136 Å². The molecule has 1 atom stereocenters. The highest BCUT2D eigenvalue weighted by Gasteiger charge is 2.13. The average molecular weight is 342 g/mol. The minimum Gasteiger partial charge on any atom is -0.362 e. The third-order valence-electron chi connectivity index (χ3n) is 3.14. The van der Waals surface area contributed by atoms with Crippen molar-refractivity contribution in [2.24, 2.45) is 0 Å². The lowest BCUT2D eigenvalue weighted by molar-refractivity contribution is 0.867. The first kappa shape index (κ1) is 14.4. The first-order valence-electron chi connectivity index (χ1n) is 6.26. The third kappa shape index (κ3) is 2.93. The van der Waals surface area contributed by atoms with Crippen LogP contribution in [-0.2, 0) is 0 Å². The van der Waals surface area contributed by atoms with Gasteiger partial charge in [-0.25, -0.2) is 9.50 Å². The largest absolute Gasteiger partial charge is 0.362 e. The molecule has 0 aliphatic carbocycles. The van der Waals surface area contributed by atoms with Crippen LogP contribution in [0.4, 0.5) is 5.82 Å². The number of hydrogen-bond donors (Lipinski definition) is 1. The van der Waals surface area contributed by atoms with Crippen LogP contribution in [-0.4, -0.2) is 14.6 Å². The van der Waals surface area contributed by atoms with E-state index in [0.29, 0.717) is 21.0 Å². The Morgan fingerprint density at radius 2 is 2.00 bits per heavy atom. The van der Waals surface area contributed by atoms with Gasteiger partial charge in [-0.1, -0.05) is 40.9 Å². The molecule has 7 heteroatoms. The maximum atomic E-state index is 6.23. The molecular formula is C14H11Cl3N4. The van der Waals surface area contributed by atoms with Gasteiger partial charge in [-0.2, -0.15) is 5.10 Å². The number of aromatic nitrogens is 3. The Morgan fingerprint density at radius 1 is 1.19 bits per heavy atom. The molecule has 0 saturated carbocycles. The Morgan fingerprint density at radius 3 is 2.76 bits per heavy atom. The molecule has 0 aliphatic heterocycles. The summed E-state index contributed by atoms with van der Waals surface area (Å²) in [7, 11) is 0. The van der Waals surface area contributed by atoms with Gasteiger partial charge in [0.25, 0.3) is 0 Å². The quantitative estimate of drug-likeness (QED) is 0.739.